The zero-order valence-corrected chi connectivity index (χ0v) is 18.0. The van der Waals surface area contributed by atoms with Crippen LogP contribution in [0.3, 0.4) is 0 Å². The van der Waals surface area contributed by atoms with Gasteiger partial charge in [0.2, 0.25) is 5.43 Å². The van der Waals surface area contributed by atoms with Crippen molar-refractivity contribution < 1.29 is 20.0 Å². The third-order valence-electron chi connectivity index (χ3n) is 5.88. The van der Waals surface area contributed by atoms with E-state index < -0.39 is 5.23 Å². The number of hydrogen-bond donors (Lipinski definition) is 3. The lowest BCUT2D eigenvalue weighted by Crippen LogP contribution is -2.99. The average Bonchev–Trinajstić information content (AvgIpc) is 3.15. The van der Waals surface area contributed by atoms with Gasteiger partial charge in [-0.2, -0.15) is 5.23 Å². The fourth-order valence-corrected chi connectivity index (χ4v) is 4.10. The lowest BCUT2D eigenvalue weighted by molar-refractivity contribution is -0.991. The SMILES string of the molecule is CCc1cc2c(=O)c(-c3nc4ccccc4n3C)c(-c3ccc([NH+]([O-])O)cc3)oc2cc1O. The number of aromatic hydroxyl groups is 1. The van der Waals surface area contributed by atoms with Crippen molar-refractivity contribution in [2.24, 2.45) is 7.05 Å². The normalized spacial score (nSPS) is 12.5. The van der Waals surface area contributed by atoms with Crippen LogP contribution in [0.5, 0.6) is 5.75 Å². The highest BCUT2D eigenvalue weighted by Gasteiger charge is 2.23. The van der Waals surface area contributed by atoms with Crippen LogP contribution in [0.15, 0.2) is 69.9 Å². The largest absolute Gasteiger partial charge is 0.595 e. The number of imidazole rings is 1. The fraction of sp³-hybridized carbons (Fsp3) is 0.120. The zero-order valence-electron chi connectivity index (χ0n) is 18.0. The molecule has 2 aromatic heterocycles. The van der Waals surface area contributed by atoms with E-state index in [9.17, 15) is 20.3 Å². The molecule has 0 saturated heterocycles. The molecule has 166 valence electrons. The molecule has 8 heteroatoms. The van der Waals surface area contributed by atoms with E-state index in [4.69, 9.17) is 9.40 Å². The quantitative estimate of drug-likeness (QED) is 0.365. The molecule has 5 aromatic rings. The molecule has 0 aliphatic rings. The Kier molecular flexibility index (Phi) is 4.98. The fourth-order valence-electron chi connectivity index (χ4n) is 4.10. The predicted octanol–water partition coefficient (Wildman–Crippen LogP) is 3.69. The van der Waals surface area contributed by atoms with Crippen LogP contribution in [0.25, 0.3) is 44.7 Å². The van der Waals surface area contributed by atoms with Crippen molar-refractivity contribution in [2.75, 3.05) is 0 Å². The molecule has 5 rings (SSSR count). The van der Waals surface area contributed by atoms with Crippen LogP contribution >= 0.6 is 0 Å². The van der Waals surface area contributed by atoms with E-state index in [1.165, 1.54) is 18.2 Å². The number of hydrogen-bond acceptors (Lipinski definition) is 6. The lowest BCUT2D eigenvalue weighted by atomic mass is 10.0. The van der Waals surface area contributed by atoms with Gasteiger partial charge in [-0.1, -0.05) is 19.1 Å². The standard InChI is InChI=1S/C25H21N3O5/c1-3-14-12-17-21(13-20(14)29)33-24(15-8-10-16(11-9-15)28(31)32)22(23(17)30)25-26-18-6-4-5-7-19(18)27(25)2/h4-13,28-29,31H,3H2,1-2H3. The number of benzene rings is 3. The van der Waals surface area contributed by atoms with Crippen molar-refractivity contribution in [3.8, 4) is 28.5 Å². The van der Waals surface area contributed by atoms with Crippen LogP contribution in [0.2, 0.25) is 0 Å². The Morgan fingerprint density at radius 2 is 1.85 bits per heavy atom. The molecule has 1 unspecified atom stereocenters. The van der Waals surface area contributed by atoms with Gasteiger partial charge in [-0.3, -0.25) is 4.79 Å². The van der Waals surface area contributed by atoms with E-state index in [-0.39, 0.29) is 33.8 Å². The van der Waals surface area contributed by atoms with Gasteiger partial charge in [0.1, 0.15) is 28.5 Å². The maximum atomic E-state index is 13.8. The Morgan fingerprint density at radius 1 is 1.12 bits per heavy atom. The van der Waals surface area contributed by atoms with E-state index in [0.29, 0.717) is 28.8 Å². The number of phenols is 1. The van der Waals surface area contributed by atoms with E-state index >= 15 is 0 Å². The molecule has 0 fully saturated rings. The first kappa shape index (κ1) is 20.9. The van der Waals surface area contributed by atoms with Gasteiger partial charge >= 0.3 is 0 Å². The number of aromatic nitrogens is 2. The van der Waals surface area contributed by atoms with Crippen molar-refractivity contribution in [1.82, 2.24) is 9.55 Å². The van der Waals surface area contributed by atoms with Gasteiger partial charge in [0.15, 0.2) is 5.69 Å². The summed E-state index contributed by atoms with van der Waals surface area (Å²) in [6, 6.07) is 16.8. The van der Waals surface area contributed by atoms with Gasteiger partial charge in [0.25, 0.3) is 0 Å². The zero-order chi connectivity index (χ0) is 23.3. The molecule has 1 atom stereocenters. The van der Waals surface area contributed by atoms with Crippen molar-refractivity contribution >= 4 is 27.7 Å². The molecule has 2 heterocycles. The second-order valence-electron chi connectivity index (χ2n) is 7.83. The lowest BCUT2D eigenvalue weighted by Gasteiger charge is -2.14. The molecule has 0 bridgehead atoms. The Bertz CT molecular complexity index is 1570. The molecule has 0 spiro atoms. The van der Waals surface area contributed by atoms with Crippen molar-refractivity contribution in [2.45, 2.75) is 13.3 Å². The third-order valence-corrected chi connectivity index (χ3v) is 5.88. The van der Waals surface area contributed by atoms with Gasteiger partial charge in [-0.15, -0.1) is 0 Å². The number of phenolic OH excluding ortho intramolecular Hbond substituents is 1. The van der Waals surface area contributed by atoms with Crippen LogP contribution in [0.1, 0.15) is 12.5 Å². The second kappa shape index (κ2) is 7.86. The summed E-state index contributed by atoms with van der Waals surface area (Å²) in [7, 11) is 1.83. The first-order valence-corrected chi connectivity index (χ1v) is 10.5. The topological polar surface area (TPSA) is 116 Å². The first-order chi connectivity index (χ1) is 15.9. The minimum atomic E-state index is -1.05. The number of fused-ring (bicyclic) bond motifs is 2. The highest BCUT2D eigenvalue weighted by atomic mass is 16.8. The third kappa shape index (κ3) is 3.37. The van der Waals surface area contributed by atoms with Crippen LogP contribution in [-0.2, 0) is 13.5 Å². The molecule has 0 amide bonds. The number of nitrogens with zero attached hydrogens (tertiary/aromatic N) is 2. The Balaban J connectivity index is 1.87. The molecule has 33 heavy (non-hydrogen) atoms. The average molecular weight is 443 g/mol. The van der Waals surface area contributed by atoms with E-state index in [1.807, 2.05) is 42.8 Å². The maximum Gasteiger partial charge on any atom is 0.204 e. The van der Waals surface area contributed by atoms with Crippen LogP contribution in [0, 0.1) is 5.21 Å². The van der Waals surface area contributed by atoms with Crippen molar-refractivity contribution in [3.63, 3.8) is 0 Å². The predicted molar refractivity (Wildman–Crippen MR) is 124 cm³/mol. The van der Waals surface area contributed by atoms with Crippen LogP contribution in [0.4, 0.5) is 5.69 Å². The van der Waals surface area contributed by atoms with Gasteiger partial charge in [0, 0.05) is 30.8 Å². The summed E-state index contributed by atoms with van der Waals surface area (Å²) in [6.45, 7) is 1.90. The summed E-state index contributed by atoms with van der Waals surface area (Å²) in [6.07, 6.45) is 0.557. The molecule has 3 aromatic carbocycles. The summed E-state index contributed by atoms with van der Waals surface area (Å²) in [5.74, 6) is 0.748. The second-order valence-corrected chi connectivity index (χ2v) is 7.83. The Labute approximate surface area is 188 Å². The van der Waals surface area contributed by atoms with Crippen molar-refractivity contribution in [1.29, 1.82) is 0 Å². The summed E-state index contributed by atoms with van der Waals surface area (Å²) in [5.41, 5.74) is 3.13. The summed E-state index contributed by atoms with van der Waals surface area (Å²) < 4.78 is 8.02. The minimum absolute atomic E-state index is 0.0517. The molecule has 0 aliphatic heterocycles. The smallest absolute Gasteiger partial charge is 0.204 e. The van der Waals surface area contributed by atoms with Gasteiger partial charge in [-0.05, 0) is 42.3 Å². The van der Waals surface area contributed by atoms with Gasteiger partial charge < -0.3 is 19.3 Å². The Morgan fingerprint density at radius 3 is 2.52 bits per heavy atom. The molecule has 0 saturated carbocycles. The van der Waals surface area contributed by atoms with Crippen LogP contribution < -0.4 is 10.7 Å². The monoisotopic (exact) mass is 443 g/mol. The molecule has 0 aliphatic carbocycles. The molecule has 3 N–H and O–H groups in total. The van der Waals surface area contributed by atoms with E-state index in [0.717, 1.165) is 11.0 Å². The van der Waals surface area contributed by atoms with E-state index in [1.54, 1.807) is 18.2 Å². The highest BCUT2D eigenvalue weighted by Crippen LogP contribution is 2.35. The number of rotatable bonds is 4. The number of aryl methyl sites for hydroxylation is 2. The van der Waals surface area contributed by atoms with E-state index in [2.05, 4.69) is 0 Å². The minimum Gasteiger partial charge on any atom is -0.595 e. The van der Waals surface area contributed by atoms with Crippen molar-refractivity contribution in [3.05, 3.63) is 81.7 Å². The molecular formula is C25H21N3O5. The maximum absolute atomic E-state index is 13.8. The number of nitrogens with one attached hydrogen (secondary N) is 1. The van der Waals surface area contributed by atoms with Gasteiger partial charge in [-0.25, -0.2) is 10.2 Å². The Hall–Kier alpha value is -3.98. The highest BCUT2D eigenvalue weighted by molar-refractivity contribution is 5.91. The molecule has 8 nitrogen and oxygen atoms in total. The first-order valence-electron chi connectivity index (χ1n) is 10.5. The molecule has 0 radical (unpaired) electrons. The summed E-state index contributed by atoms with van der Waals surface area (Å²) >= 11 is 0. The van der Waals surface area contributed by atoms with Crippen LogP contribution in [-0.4, -0.2) is 19.9 Å². The van der Waals surface area contributed by atoms with Gasteiger partial charge in [0.05, 0.1) is 16.4 Å². The summed E-state index contributed by atoms with van der Waals surface area (Å²) in [5, 5.41) is 30.2. The number of quaternary nitrogens is 1. The molecular weight excluding hydrogens is 422 g/mol. The summed E-state index contributed by atoms with van der Waals surface area (Å²) in [4.78, 5) is 18.5. The number of para-hydroxylation sites is 2.